The third-order valence-corrected chi connectivity index (χ3v) is 5.38. The molecule has 0 fully saturated rings. The van der Waals surface area contributed by atoms with Gasteiger partial charge in [0, 0.05) is 17.7 Å². The third-order valence-electron chi connectivity index (χ3n) is 4.53. The topological polar surface area (TPSA) is 143 Å². The lowest BCUT2D eigenvalue weighted by molar-refractivity contribution is -0.384. The van der Waals surface area contributed by atoms with Gasteiger partial charge in [-0.3, -0.25) is 24.8 Å². The summed E-state index contributed by atoms with van der Waals surface area (Å²) in [5, 5.41) is 23.4. The van der Waals surface area contributed by atoms with Crippen molar-refractivity contribution in [1.29, 1.82) is 0 Å². The molecule has 0 bridgehead atoms. The molecule has 3 rings (SSSR count). The van der Waals surface area contributed by atoms with Gasteiger partial charge in [0.25, 0.3) is 11.6 Å². The maximum Gasteiger partial charge on any atom is 0.270 e. The lowest BCUT2D eigenvalue weighted by atomic mass is 10.0. The molecule has 0 saturated carbocycles. The van der Waals surface area contributed by atoms with Gasteiger partial charge in [0.1, 0.15) is 11.6 Å². The average Bonchev–Trinajstić information content (AvgIpc) is 3.26. The second-order valence-electron chi connectivity index (χ2n) is 7.32. The van der Waals surface area contributed by atoms with E-state index in [0.29, 0.717) is 5.82 Å². The minimum atomic E-state index is -0.570. The molecule has 0 saturated heterocycles. The molecule has 2 aromatic carbocycles. The number of carbonyl (C=O) groups is 2. The lowest BCUT2D eigenvalue weighted by Gasteiger charge is -2.19. The number of nitro benzene ring substituents is 1. The van der Waals surface area contributed by atoms with Crippen LogP contribution in [-0.4, -0.2) is 37.7 Å². The molecule has 0 aliphatic carbocycles. The molecule has 172 valence electrons. The number of H-pyrrole nitrogens is 1. The molecule has 1 heterocycles. The van der Waals surface area contributed by atoms with Crippen LogP contribution in [0.25, 0.3) is 0 Å². The van der Waals surface area contributed by atoms with Crippen molar-refractivity contribution < 1.29 is 18.9 Å². The van der Waals surface area contributed by atoms with Crippen LogP contribution in [0.1, 0.15) is 36.1 Å². The van der Waals surface area contributed by atoms with Gasteiger partial charge in [-0.25, -0.2) is 9.37 Å². The van der Waals surface area contributed by atoms with Gasteiger partial charge < -0.3 is 10.6 Å². The van der Waals surface area contributed by atoms with Crippen molar-refractivity contribution in [2.24, 2.45) is 5.92 Å². The number of nitro groups is 1. The first-order valence-corrected chi connectivity index (χ1v) is 10.9. The van der Waals surface area contributed by atoms with Crippen molar-refractivity contribution in [2.45, 2.75) is 25.0 Å². The SMILES string of the molecule is CC(C)[C@H](NC(=O)c1cccc([N+](=O)[O-])c1)c1nc(SCC(=O)Nc2ccccc2F)n[nH]1. The zero-order valence-electron chi connectivity index (χ0n) is 17.7. The molecule has 33 heavy (non-hydrogen) atoms. The van der Waals surface area contributed by atoms with Crippen LogP contribution in [0.3, 0.4) is 0 Å². The van der Waals surface area contributed by atoms with E-state index in [-0.39, 0.29) is 33.8 Å². The highest BCUT2D eigenvalue weighted by atomic mass is 32.2. The number of aromatic amines is 1. The molecular formula is C21H21FN6O4S. The van der Waals surface area contributed by atoms with E-state index in [0.717, 1.165) is 11.8 Å². The standard InChI is InChI=1S/C21H21FN6O4S/c1-12(2)18(24-20(30)13-6-5-7-14(10-13)28(31)32)19-25-21(27-26-19)33-11-17(29)23-16-9-4-3-8-15(16)22/h3-10,12,18H,11H2,1-2H3,(H,23,29)(H,24,30)(H,25,26,27)/t18-/m0/s1. The van der Waals surface area contributed by atoms with Crippen LogP contribution in [0.5, 0.6) is 0 Å². The first-order valence-electron chi connectivity index (χ1n) is 9.89. The molecule has 2 amide bonds. The Hall–Kier alpha value is -3.80. The van der Waals surface area contributed by atoms with Crippen molar-refractivity contribution >= 4 is 35.0 Å². The normalized spacial score (nSPS) is 11.8. The molecule has 12 heteroatoms. The number of aromatic nitrogens is 3. The predicted octanol–water partition coefficient (Wildman–Crippen LogP) is 3.71. The number of hydrogen-bond acceptors (Lipinski definition) is 7. The largest absolute Gasteiger partial charge is 0.342 e. The summed E-state index contributed by atoms with van der Waals surface area (Å²) in [5.74, 6) is -1.19. The quantitative estimate of drug-likeness (QED) is 0.245. The fourth-order valence-corrected chi connectivity index (χ4v) is 3.48. The Kier molecular flexibility index (Phi) is 7.72. The number of hydrogen-bond donors (Lipinski definition) is 3. The molecular weight excluding hydrogens is 451 g/mol. The summed E-state index contributed by atoms with van der Waals surface area (Å²) in [6, 6.07) is 10.7. The number of para-hydroxylation sites is 1. The number of benzene rings is 2. The van der Waals surface area contributed by atoms with Gasteiger partial charge in [0.2, 0.25) is 11.1 Å². The van der Waals surface area contributed by atoms with Gasteiger partial charge in [0.05, 0.1) is 22.4 Å². The molecule has 0 radical (unpaired) electrons. The Morgan fingerprint density at radius 1 is 1.21 bits per heavy atom. The number of nitrogens with zero attached hydrogens (tertiary/aromatic N) is 3. The molecule has 0 spiro atoms. The third kappa shape index (κ3) is 6.35. The summed E-state index contributed by atoms with van der Waals surface area (Å²) in [6.07, 6.45) is 0. The van der Waals surface area contributed by atoms with Gasteiger partial charge in [-0.1, -0.05) is 43.8 Å². The maximum absolute atomic E-state index is 13.7. The summed E-state index contributed by atoms with van der Waals surface area (Å²) in [6.45, 7) is 3.74. The Labute approximate surface area is 192 Å². The van der Waals surface area contributed by atoms with Crippen LogP contribution < -0.4 is 10.6 Å². The van der Waals surface area contributed by atoms with E-state index in [9.17, 15) is 24.1 Å². The van der Waals surface area contributed by atoms with Crippen LogP contribution in [-0.2, 0) is 4.79 Å². The van der Waals surface area contributed by atoms with Gasteiger partial charge in [-0.05, 0) is 24.1 Å². The molecule has 1 aromatic heterocycles. The molecule has 0 aliphatic heterocycles. The number of nitrogens with one attached hydrogen (secondary N) is 3. The van der Waals surface area contributed by atoms with E-state index in [2.05, 4.69) is 25.8 Å². The highest BCUT2D eigenvalue weighted by molar-refractivity contribution is 7.99. The minimum absolute atomic E-state index is 0.0436. The number of halogens is 1. The number of carbonyl (C=O) groups excluding carboxylic acids is 2. The minimum Gasteiger partial charge on any atom is -0.342 e. The lowest BCUT2D eigenvalue weighted by Crippen LogP contribution is -2.32. The zero-order chi connectivity index (χ0) is 24.0. The van der Waals surface area contributed by atoms with Crippen LogP contribution in [0.4, 0.5) is 15.8 Å². The van der Waals surface area contributed by atoms with E-state index in [1.807, 2.05) is 13.8 Å². The second-order valence-corrected chi connectivity index (χ2v) is 8.27. The summed E-state index contributed by atoms with van der Waals surface area (Å²) in [4.78, 5) is 39.5. The van der Waals surface area contributed by atoms with Crippen LogP contribution in [0.15, 0.2) is 53.7 Å². The molecule has 3 N–H and O–H groups in total. The van der Waals surface area contributed by atoms with Crippen molar-refractivity contribution in [3.05, 3.63) is 75.9 Å². The van der Waals surface area contributed by atoms with Crippen LogP contribution >= 0.6 is 11.8 Å². The molecule has 0 aliphatic rings. The Morgan fingerprint density at radius 2 is 1.97 bits per heavy atom. The van der Waals surface area contributed by atoms with Gasteiger partial charge >= 0.3 is 0 Å². The number of amides is 2. The van der Waals surface area contributed by atoms with Crippen molar-refractivity contribution in [1.82, 2.24) is 20.5 Å². The summed E-state index contributed by atoms with van der Waals surface area (Å²) in [7, 11) is 0. The molecule has 10 nitrogen and oxygen atoms in total. The zero-order valence-corrected chi connectivity index (χ0v) is 18.6. The van der Waals surface area contributed by atoms with Crippen molar-refractivity contribution in [3.63, 3.8) is 0 Å². The van der Waals surface area contributed by atoms with E-state index < -0.39 is 28.6 Å². The number of non-ortho nitro benzene ring substituents is 1. The Bertz CT molecular complexity index is 1170. The van der Waals surface area contributed by atoms with Crippen molar-refractivity contribution in [3.8, 4) is 0 Å². The van der Waals surface area contributed by atoms with Crippen LogP contribution in [0, 0.1) is 21.8 Å². The number of thioether (sulfide) groups is 1. The maximum atomic E-state index is 13.7. The Morgan fingerprint density at radius 3 is 2.67 bits per heavy atom. The van der Waals surface area contributed by atoms with Crippen molar-refractivity contribution in [2.75, 3.05) is 11.1 Å². The highest BCUT2D eigenvalue weighted by Crippen LogP contribution is 2.23. The monoisotopic (exact) mass is 472 g/mol. The van der Waals surface area contributed by atoms with Gasteiger partial charge in [-0.2, -0.15) is 0 Å². The summed E-state index contributed by atoms with van der Waals surface area (Å²) >= 11 is 1.05. The fraction of sp³-hybridized carbons (Fsp3) is 0.238. The molecule has 1 atom stereocenters. The fourth-order valence-electron chi connectivity index (χ4n) is 2.88. The summed E-state index contributed by atoms with van der Waals surface area (Å²) in [5.41, 5.74) is 0.0482. The highest BCUT2D eigenvalue weighted by Gasteiger charge is 2.24. The van der Waals surface area contributed by atoms with E-state index in [4.69, 9.17) is 0 Å². The first kappa shape index (κ1) is 23.9. The summed E-state index contributed by atoms with van der Waals surface area (Å²) < 4.78 is 13.7. The Balaban J connectivity index is 1.63. The van der Waals surface area contributed by atoms with E-state index in [1.54, 1.807) is 6.07 Å². The predicted molar refractivity (Wildman–Crippen MR) is 120 cm³/mol. The first-order chi connectivity index (χ1) is 15.7. The van der Waals surface area contributed by atoms with Gasteiger partial charge in [0.15, 0.2) is 0 Å². The second kappa shape index (κ2) is 10.7. The number of anilines is 1. The van der Waals surface area contributed by atoms with E-state index in [1.165, 1.54) is 42.5 Å². The molecule has 3 aromatic rings. The molecule has 0 unspecified atom stereocenters. The van der Waals surface area contributed by atoms with E-state index >= 15 is 0 Å². The van der Waals surface area contributed by atoms with Crippen LogP contribution in [0.2, 0.25) is 0 Å². The van der Waals surface area contributed by atoms with Gasteiger partial charge in [-0.15, -0.1) is 5.10 Å². The average molecular weight is 473 g/mol. The number of rotatable bonds is 9. The smallest absolute Gasteiger partial charge is 0.270 e.